The number of carboxylic acid groups (broad SMARTS) is 1. The summed E-state index contributed by atoms with van der Waals surface area (Å²) in [6.45, 7) is 3.09. The van der Waals surface area contributed by atoms with Gasteiger partial charge in [0.1, 0.15) is 5.75 Å². The van der Waals surface area contributed by atoms with Crippen molar-refractivity contribution in [1.29, 1.82) is 0 Å². The molecule has 2 aromatic carbocycles. The number of nitrogens with zero attached hydrogens (tertiary/aromatic N) is 1. The number of amides is 1. The molecule has 3 rings (SSSR count). The van der Waals surface area contributed by atoms with Crippen LogP contribution in [0.4, 0.5) is 5.69 Å². The number of halogens is 1. The average Bonchev–Trinajstić information content (AvgIpc) is 3.08. The summed E-state index contributed by atoms with van der Waals surface area (Å²) < 4.78 is 5.87. The van der Waals surface area contributed by atoms with Crippen molar-refractivity contribution in [2.45, 2.75) is 13.3 Å². The van der Waals surface area contributed by atoms with E-state index in [9.17, 15) is 9.59 Å². The topological polar surface area (TPSA) is 78.9 Å². The summed E-state index contributed by atoms with van der Waals surface area (Å²) in [5.41, 5.74) is 1.60. The first-order chi connectivity index (χ1) is 12.9. The Morgan fingerprint density at radius 1 is 1.26 bits per heavy atom. The van der Waals surface area contributed by atoms with Crippen LogP contribution >= 0.6 is 11.6 Å². The van der Waals surface area contributed by atoms with E-state index in [0.29, 0.717) is 41.7 Å². The highest BCUT2D eigenvalue weighted by Gasteiger charge is 2.29. The Hall–Kier alpha value is -2.57. The van der Waals surface area contributed by atoms with Crippen LogP contribution in [-0.2, 0) is 9.59 Å². The molecule has 2 N–H and O–H groups in total. The minimum Gasteiger partial charge on any atom is -0.481 e. The van der Waals surface area contributed by atoms with Crippen molar-refractivity contribution >= 4 is 29.2 Å². The Kier molecular flexibility index (Phi) is 5.98. The largest absolute Gasteiger partial charge is 0.481 e. The molecule has 1 amide bonds. The molecule has 0 bridgehead atoms. The van der Waals surface area contributed by atoms with Gasteiger partial charge in [-0.15, -0.1) is 0 Å². The average molecular weight is 389 g/mol. The van der Waals surface area contributed by atoms with Crippen molar-refractivity contribution in [1.82, 2.24) is 4.90 Å². The Bertz CT molecular complexity index is 838. The zero-order valence-corrected chi connectivity index (χ0v) is 15.7. The van der Waals surface area contributed by atoms with E-state index in [0.717, 1.165) is 5.56 Å². The maximum atomic E-state index is 12.4. The summed E-state index contributed by atoms with van der Waals surface area (Å²) in [5.74, 6) is -0.327. The van der Waals surface area contributed by atoms with Gasteiger partial charge in [0.05, 0.1) is 18.2 Å². The molecule has 0 radical (unpaired) electrons. The third kappa shape index (κ3) is 5.21. The van der Waals surface area contributed by atoms with Gasteiger partial charge in [0.25, 0.3) is 0 Å². The van der Waals surface area contributed by atoms with Crippen molar-refractivity contribution in [3.63, 3.8) is 0 Å². The number of nitrogens with one attached hydrogen (secondary N) is 1. The number of aryl methyl sites for hydroxylation is 1. The lowest BCUT2D eigenvalue weighted by molar-refractivity contribution is -0.141. The third-order valence-corrected chi connectivity index (χ3v) is 4.69. The van der Waals surface area contributed by atoms with E-state index in [1.54, 1.807) is 18.2 Å². The fourth-order valence-corrected chi connectivity index (χ4v) is 3.16. The van der Waals surface area contributed by atoms with Crippen molar-refractivity contribution in [2.75, 3.05) is 25.0 Å². The third-order valence-electron chi connectivity index (χ3n) is 4.45. The van der Waals surface area contributed by atoms with Crippen LogP contribution in [0.15, 0.2) is 42.5 Å². The molecule has 142 valence electrons. The first kappa shape index (κ1) is 19.2. The van der Waals surface area contributed by atoms with Crippen LogP contribution in [-0.4, -0.2) is 41.5 Å². The predicted molar refractivity (Wildman–Crippen MR) is 104 cm³/mol. The van der Waals surface area contributed by atoms with Gasteiger partial charge >= 0.3 is 5.97 Å². The zero-order valence-electron chi connectivity index (χ0n) is 14.9. The standard InChI is InChI=1S/C20H21ClN2O4/c1-13-2-5-16(6-3-13)27-18-7-4-15(21)10-17(18)22-19(24)12-23-9-8-14(11-23)20(25)26/h2-7,10,14H,8-9,11-12H2,1H3,(H,22,24)(H,25,26). The summed E-state index contributed by atoms with van der Waals surface area (Å²) in [4.78, 5) is 25.3. The fraction of sp³-hybridized carbons (Fsp3) is 0.300. The molecule has 0 spiro atoms. The van der Waals surface area contributed by atoms with Crippen molar-refractivity contribution in [3.05, 3.63) is 53.1 Å². The number of carboxylic acids is 1. The number of hydrogen-bond acceptors (Lipinski definition) is 4. The molecule has 27 heavy (non-hydrogen) atoms. The van der Waals surface area contributed by atoms with Crippen LogP contribution in [0, 0.1) is 12.8 Å². The molecule has 0 aromatic heterocycles. The number of carbonyl (C=O) groups is 2. The second-order valence-corrected chi connectivity index (χ2v) is 7.10. The number of aliphatic carboxylic acids is 1. The molecule has 0 saturated carbocycles. The van der Waals surface area contributed by atoms with E-state index in [-0.39, 0.29) is 12.5 Å². The first-order valence-corrected chi connectivity index (χ1v) is 9.07. The lowest BCUT2D eigenvalue weighted by atomic mass is 10.1. The van der Waals surface area contributed by atoms with Crippen molar-refractivity contribution in [2.24, 2.45) is 5.92 Å². The monoisotopic (exact) mass is 388 g/mol. The summed E-state index contributed by atoms with van der Waals surface area (Å²) in [6, 6.07) is 12.6. The maximum Gasteiger partial charge on any atom is 0.307 e. The summed E-state index contributed by atoms with van der Waals surface area (Å²) in [6.07, 6.45) is 0.557. The Morgan fingerprint density at radius 3 is 2.67 bits per heavy atom. The van der Waals surface area contributed by atoms with Gasteiger partial charge < -0.3 is 15.2 Å². The number of benzene rings is 2. The van der Waals surface area contributed by atoms with Gasteiger partial charge in [-0.05, 0) is 50.2 Å². The van der Waals surface area contributed by atoms with E-state index < -0.39 is 11.9 Å². The molecule has 1 saturated heterocycles. The van der Waals surface area contributed by atoms with Gasteiger partial charge in [-0.1, -0.05) is 29.3 Å². The van der Waals surface area contributed by atoms with Crippen LogP contribution in [0.25, 0.3) is 0 Å². The molecule has 7 heteroatoms. The van der Waals surface area contributed by atoms with E-state index in [2.05, 4.69) is 5.32 Å². The van der Waals surface area contributed by atoms with Crippen LogP contribution in [0.1, 0.15) is 12.0 Å². The number of anilines is 1. The number of ether oxygens (including phenoxy) is 1. The summed E-state index contributed by atoms with van der Waals surface area (Å²) >= 11 is 6.07. The first-order valence-electron chi connectivity index (χ1n) is 8.70. The van der Waals surface area contributed by atoms with E-state index in [1.807, 2.05) is 36.1 Å². The quantitative estimate of drug-likeness (QED) is 0.787. The smallest absolute Gasteiger partial charge is 0.307 e. The van der Waals surface area contributed by atoms with Gasteiger partial charge in [-0.2, -0.15) is 0 Å². The van der Waals surface area contributed by atoms with Crippen LogP contribution < -0.4 is 10.1 Å². The molecule has 1 aliphatic rings. The highest BCUT2D eigenvalue weighted by Crippen LogP contribution is 2.32. The number of carbonyl (C=O) groups excluding carboxylic acids is 1. The van der Waals surface area contributed by atoms with Gasteiger partial charge in [-0.3, -0.25) is 14.5 Å². The number of hydrogen-bond donors (Lipinski definition) is 2. The highest BCUT2D eigenvalue weighted by atomic mass is 35.5. The molecule has 1 aliphatic heterocycles. The van der Waals surface area contributed by atoms with Gasteiger partial charge in [0.2, 0.25) is 5.91 Å². The second-order valence-electron chi connectivity index (χ2n) is 6.66. The molecular weight excluding hydrogens is 368 g/mol. The number of likely N-dealkylation sites (tertiary alicyclic amines) is 1. The van der Waals surface area contributed by atoms with Gasteiger partial charge in [0, 0.05) is 11.6 Å². The van der Waals surface area contributed by atoms with Crippen LogP contribution in [0.3, 0.4) is 0 Å². The van der Waals surface area contributed by atoms with E-state index in [4.69, 9.17) is 21.4 Å². The summed E-state index contributed by atoms with van der Waals surface area (Å²) in [5, 5.41) is 12.4. The highest BCUT2D eigenvalue weighted by molar-refractivity contribution is 6.31. The SMILES string of the molecule is Cc1ccc(Oc2ccc(Cl)cc2NC(=O)CN2CCC(C(=O)O)C2)cc1. The molecule has 0 aliphatic carbocycles. The molecule has 1 atom stereocenters. The van der Waals surface area contributed by atoms with Crippen molar-refractivity contribution in [3.8, 4) is 11.5 Å². The lowest BCUT2D eigenvalue weighted by Crippen LogP contribution is -2.32. The maximum absolute atomic E-state index is 12.4. The molecular formula is C20H21ClN2O4. The second kappa shape index (κ2) is 8.41. The lowest BCUT2D eigenvalue weighted by Gasteiger charge is -2.17. The minimum atomic E-state index is -0.818. The zero-order chi connectivity index (χ0) is 19.4. The molecule has 1 fully saturated rings. The Morgan fingerprint density at radius 2 is 2.00 bits per heavy atom. The number of rotatable bonds is 6. The minimum absolute atomic E-state index is 0.125. The Labute approximate surface area is 162 Å². The van der Waals surface area contributed by atoms with E-state index in [1.165, 1.54) is 0 Å². The van der Waals surface area contributed by atoms with Gasteiger partial charge in [-0.25, -0.2) is 0 Å². The Balaban J connectivity index is 1.66. The molecule has 2 aromatic rings. The predicted octanol–water partition coefficient (Wildman–Crippen LogP) is 3.79. The normalized spacial score (nSPS) is 16.9. The van der Waals surface area contributed by atoms with Crippen LogP contribution in [0.5, 0.6) is 11.5 Å². The fourth-order valence-electron chi connectivity index (χ4n) is 2.99. The molecule has 1 heterocycles. The van der Waals surface area contributed by atoms with Gasteiger partial charge in [0.15, 0.2) is 5.75 Å². The van der Waals surface area contributed by atoms with Crippen LogP contribution in [0.2, 0.25) is 5.02 Å². The molecule has 1 unspecified atom stereocenters. The van der Waals surface area contributed by atoms with E-state index >= 15 is 0 Å². The summed E-state index contributed by atoms with van der Waals surface area (Å²) in [7, 11) is 0. The van der Waals surface area contributed by atoms with Crippen molar-refractivity contribution < 1.29 is 19.4 Å². The molecule has 6 nitrogen and oxygen atoms in total.